The van der Waals surface area contributed by atoms with E-state index in [1.807, 2.05) is 18.2 Å². The quantitative estimate of drug-likeness (QED) is 0.786. The molecule has 1 aliphatic heterocycles. The summed E-state index contributed by atoms with van der Waals surface area (Å²) in [6, 6.07) is 6.34. The number of hydrogen-bond acceptors (Lipinski definition) is 2. The van der Waals surface area contributed by atoms with Gasteiger partial charge in [0.2, 0.25) is 0 Å². The Balaban J connectivity index is 2.16. The molecule has 0 spiro atoms. The molecule has 1 aliphatic rings. The van der Waals surface area contributed by atoms with Crippen LogP contribution < -0.4 is 5.32 Å². The van der Waals surface area contributed by atoms with Crippen molar-refractivity contribution in [3.63, 3.8) is 0 Å². The van der Waals surface area contributed by atoms with Crippen molar-refractivity contribution < 1.29 is 4.74 Å². The van der Waals surface area contributed by atoms with E-state index in [-0.39, 0.29) is 0 Å². The molecule has 1 atom stereocenters. The van der Waals surface area contributed by atoms with E-state index in [4.69, 9.17) is 16.3 Å². The third-order valence-electron chi connectivity index (χ3n) is 2.26. The van der Waals surface area contributed by atoms with Gasteiger partial charge in [-0.05, 0) is 30.2 Å². The third-order valence-corrected chi connectivity index (χ3v) is 2.50. The van der Waals surface area contributed by atoms with Crippen LogP contribution in [0.3, 0.4) is 0 Å². The fraction of sp³-hybridized carbons (Fsp3) is 0.400. The second-order valence-corrected chi connectivity index (χ2v) is 3.74. The first-order chi connectivity index (χ1) is 6.29. The molecule has 0 amide bonds. The van der Waals surface area contributed by atoms with Crippen molar-refractivity contribution in [2.45, 2.75) is 12.5 Å². The van der Waals surface area contributed by atoms with Gasteiger partial charge in [-0.3, -0.25) is 0 Å². The third kappa shape index (κ3) is 1.79. The van der Waals surface area contributed by atoms with Crippen LogP contribution in [0.1, 0.15) is 5.56 Å². The summed E-state index contributed by atoms with van der Waals surface area (Å²) in [7, 11) is 1.72. The lowest BCUT2D eigenvalue weighted by Crippen LogP contribution is -2.21. The minimum Gasteiger partial charge on any atom is -0.383 e. The second-order valence-electron chi connectivity index (χ2n) is 3.30. The van der Waals surface area contributed by atoms with E-state index >= 15 is 0 Å². The van der Waals surface area contributed by atoms with Gasteiger partial charge in [0, 0.05) is 17.8 Å². The fourth-order valence-corrected chi connectivity index (χ4v) is 1.90. The van der Waals surface area contributed by atoms with Crippen molar-refractivity contribution >= 4 is 17.3 Å². The smallest absolute Gasteiger partial charge is 0.0667 e. The molecule has 2 nitrogen and oxygen atoms in total. The molecule has 0 saturated heterocycles. The highest BCUT2D eigenvalue weighted by atomic mass is 35.5. The van der Waals surface area contributed by atoms with E-state index in [0.717, 1.165) is 18.1 Å². The van der Waals surface area contributed by atoms with Crippen LogP contribution in [0.25, 0.3) is 0 Å². The Morgan fingerprint density at radius 1 is 1.62 bits per heavy atom. The van der Waals surface area contributed by atoms with Crippen LogP contribution in [-0.4, -0.2) is 19.8 Å². The predicted octanol–water partition coefficient (Wildman–Crippen LogP) is 2.32. The molecule has 0 bridgehead atoms. The first kappa shape index (κ1) is 8.85. The molecule has 2 rings (SSSR count). The minimum atomic E-state index is 0.401. The maximum Gasteiger partial charge on any atom is 0.0667 e. The first-order valence-electron chi connectivity index (χ1n) is 4.33. The van der Waals surface area contributed by atoms with Gasteiger partial charge in [0.05, 0.1) is 12.6 Å². The molecule has 0 fully saturated rings. The maximum absolute atomic E-state index is 5.89. The van der Waals surface area contributed by atoms with Gasteiger partial charge in [-0.15, -0.1) is 0 Å². The average Bonchev–Trinajstić information content (AvgIpc) is 2.46. The van der Waals surface area contributed by atoms with Gasteiger partial charge in [0.25, 0.3) is 0 Å². The minimum absolute atomic E-state index is 0.401. The molecule has 1 unspecified atom stereocenters. The number of nitrogens with one attached hydrogen (secondary N) is 1. The highest BCUT2D eigenvalue weighted by molar-refractivity contribution is 6.30. The van der Waals surface area contributed by atoms with Gasteiger partial charge < -0.3 is 10.1 Å². The van der Waals surface area contributed by atoms with Crippen LogP contribution in [0.4, 0.5) is 5.69 Å². The van der Waals surface area contributed by atoms with E-state index in [1.165, 1.54) is 11.3 Å². The molecule has 0 aromatic heterocycles. The van der Waals surface area contributed by atoms with Crippen molar-refractivity contribution in [1.82, 2.24) is 0 Å². The maximum atomic E-state index is 5.89. The van der Waals surface area contributed by atoms with E-state index in [1.54, 1.807) is 7.11 Å². The van der Waals surface area contributed by atoms with Crippen molar-refractivity contribution in [1.29, 1.82) is 0 Å². The predicted molar refractivity (Wildman–Crippen MR) is 54.4 cm³/mol. The highest BCUT2D eigenvalue weighted by Crippen LogP contribution is 2.28. The van der Waals surface area contributed by atoms with Crippen LogP contribution >= 0.6 is 11.6 Å². The number of hydrogen-bond donors (Lipinski definition) is 1. The van der Waals surface area contributed by atoms with Gasteiger partial charge in [-0.1, -0.05) is 11.6 Å². The molecule has 1 aromatic carbocycles. The fourth-order valence-electron chi connectivity index (χ4n) is 1.71. The topological polar surface area (TPSA) is 21.3 Å². The molecule has 1 aromatic rings. The molecule has 1 N–H and O–H groups in total. The van der Waals surface area contributed by atoms with Crippen molar-refractivity contribution in [2.75, 3.05) is 19.0 Å². The summed E-state index contributed by atoms with van der Waals surface area (Å²) < 4.78 is 5.09. The molecule has 0 radical (unpaired) electrons. The Morgan fingerprint density at radius 3 is 3.23 bits per heavy atom. The zero-order valence-electron chi connectivity index (χ0n) is 7.51. The van der Waals surface area contributed by atoms with Gasteiger partial charge in [-0.25, -0.2) is 0 Å². The summed E-state index contributed by atoms with van der Waals surface area (Å²) in [6.07, 6.45) is 1.00. The van der Waals surface area contributed by atoms with Crippen LogP contribution in [0.5, 0.6) is 0 Å². The van der Waals surface area contributed by atoms with Crippen molar-refractivity contribution in [3.05, 3.63) is 28.8 Å². The Hall–Kier alpha value is -0.730. The summed E-state index contributed by atoms with van der Waals surface area (Å²) in [6.45, 7) is 0.742. The van der Waals surface area contributed by atoms with Gasteiger partial charge in [0.15, 0.2) is 0 Å². The monoisotopic (exact) mass is 197 g/mol. The normalized spacial score (nSPS) is 19.7. The molecule has 70 valence electrons. The van der Waals surface area contributed by atoms with Gasteiger partial charge >= 0.3 is 0 Å². The van der Waals surface area contributed by atoms with E-state index in [0.29, 0.717) is 6.04 Å². The molecule has 3 heteroatoms. The number of methoxy groups -OCH3 is 1. The standard InChI is InChI=1S/C10H12ClNO/c1-13-6-9-5-7-4-8(11)2-3-10(7)12-9/h2-4,9,12H,5-6H2,1H3. The lowest BCUT2D eigenvalue weighted by atomic mass is 10.1. The summed E-state index contributed by atoms with van der Waals surface area (Å²) in [5.41, 5.74) is 2.47. The SMILES string of the molecule is COCC1Cc2cc(Cl)ccc2N1. The zero-order valence-corrected chi connectivity index (χ0v) is 8.27. The Labute approximate surface area is 82.9 Å². The summed E-state index contributed by atoms with van der Waals surface area (Å²) in [4.78, 5) is 0. The number of fused-ring (bicyclic) bond motifs is 1. The second kappa shape index (κ2) is 3.56. The number of benzene rings is 1. The van der Waals surface area contributed by atoms with Crippen LogP contribution in [0.2, 0.25) is 5.02 Å². The molecular formula is C10H12ClNO. The highest BCUT2D eigenvalue weighted by Gasteiger charge is 2.19. The average molecular weight is 198 g/mol. The Kier molecular flexibility index (Phi) is 2.42. The molecule has 0 aliphatic carbocycles. The molecule has 1 heterocycles. The Morgan fingerprint density at radius 2 is 2.46 bits per heavy atom. The lowest BCUT2D eigenvalue weighted by molar-refractivity contribution is 0.187. The number of rotatable bonds is 2. The zero-order chi connectivity index (χ0) is 9.26. The first-order valence-corrected chi connectivity index (χ1v) is 4.71. The number of anilines is 1. The van der Waals surface area contributed by atoms with Gasteiger partial charge in [0.1, 0.15) is 0 Å². The number of ether oxygens (including phenoxy) is 1. The van der Waals surface area contributed by atoms with E-state index in [2.05, 4.69) is 5.32 Å². The van der Waals surface area contributed by atoms with Crippen LogP contribution in [-0.2, 0) is 11.2 Å². The van der Waals surface area contributed by atoms with Crippen LogP contribution in [0.15, 0.2) is 18.2 Å². The molecule has 13 heavy (non-hydrogen) atoms. The van der Waals surface area contributed by atoms with Crippen molar-refractivity contribution in [3.8, 4) is 0 Å². The van der Waals surface area contributed by atoms with Gasteiger partial charge in [-0.2, -0.15) is 0 Å². The Bertz CT molecular complexity index is 314. The van der Waals surface area contributed by atoms with E-state index in [9.17, 15) is 0 Å². The van der Waals surface area contributed by atoms with Crippen LogP contribution in [0, 0.1) is 0 Å². The number of halogens is 1. The van der Waals surface area contributed by atoms with E-state index < -0.39 is 0 Å². The summed E-state index contributed by atoms with van der Waals surface area (Å²) >= 11 is 5.89. The molecule has 0 saturated carbocycles. The summed E-state index contributed by atoms with van der Waals surface area (Å²) in [5, 5.41) is 4.18. The molecular weight excluding hydrogens is 186 g/mol. The van der Waals surface area contributed by atoms with Crippen molar-refractivity contribution in [2.24, 2.45) is 0 Å². The lowest BCUT2D eigenvalue weighted by Gasteiger charge is -2.08. The summed E-state index contributed by atoms with van der Waals surface area (Å²) in [5.74, 6) is 0. The largest absolute Gasteiger partial charge is 0.383 e.